The SMILES string of the molecule is CCOC(=O)Cn1c(=NC(=O)c2ccc(OCC)c(OCC)c2)sc2cc(F)ccc21. The molecule has 1 amide bonds. The Bertz CT molecular complexity index is 1170. The van der Waals surface area contributed by atoms with E-state index >= 15 is 0 Å². The van der Waals surface area contributed by atoms with E-state index in [9.17, 15) is 14.0 Å². The van der Waals surface area contributed by atoms with E-state index < -0.39 is 17.7 Å². The van der Waals surface area contributed by atoms with Gasteiger partial charge in [-0.2, -0.15) is 4.99 Å². The highest BCUT2D eigenvalue weighted by molar-refractivity contribution is 7.16. The summed E-state index contributed by atoms with van der Waals surface area (Å²) in [4.78, 5) is 29.4. The van der Waals surface area contributed by atoms with Gasteiger partial charge in [-0.1, -0.05) is 11.3 Å². The minimum absolute atomic E-state index is 0.140. The van der Waals surface area contributed by atoms with Gasteiger partial charge in [-0.25, -0.2) is 4.39 Å². The number of hydrogen-bond donors (Lipinski definition) is 0. The van der Waals surface area contributed by atoms with E-state index in [1.165, 1.54) is 12.1 Å². The molecule has 0 bridgehead atoms. The van der Waals surface area contributed by atoms with Crippen LogP contribution in [0.25, 0.3) is 10.2 Å². The number of halogens is 1. The number of amides is 1. The molecule has 0 aliphatic carbocycles. The molecule has 31 heavy (non-hydrogen) atoms. The predicted molar refractivity (Wildman–Crippen MR) is 115 cm³/mol. The number of ether oxygens (including phenoxy) is 3. The van der Waals surface area contributed by atoms with Crippen LogP contribution in [0.4, 0.5) is 4.39 Å². The summed E-state index contributed by atoms with van der Waals surface area (Å²) >= 11 is 1.12. The van der Waals surface area contributed by atoms with Crippen LogP contribution in [0.15, 0.2) is 41.4 Å². The predicted octanol–water partition coefficient (Wildman–Crippen LogP) is 3.94. The number of aromatic nitrogens is 1. The molecule has 0 spiro atoms. The summed E-state index contributed by atoms with van der Waals surface area (Å²) in [7, 11) is 0. The summed E-state index contributed by atoms with van der Waals surface area (Å²) in [5.74, 6) is -0.421. The molecular weight excluding hydrogens is 423 g/mol. The van der Waals surface area contributed by atoms with Gasteiger partial charge in [0.05, 0.1) is 30.0 Å². The van der Waals surface area contributed by atoms with Gasteiger partial charge in [0.15, 0.2) is 16.3 Å². The van der Waals surface area contributed by atoms with E-state index in [4.69, 9.17) is 14.2 Å². The number of hydrogen-bond acceptors (Lipinski definition) is 6. The first kappa shape index (κ1) is 22.5. The van der Waals surface area contributed by atoms with E-state index in [1.807, 2.05) is 13.8 Å². The average molecular weight is 447 g/mol. The second kappa shape index (κ2) is 10.2. The number of carbonyl (C=O) groups is 2. The Balaban J connectivity index is 2.05. The normalized spacial score (nSPS) is 11.5. The molecule has 7 nitrogen and oxygen atoms in total. The zero-order valence-electron chi connectivity index (χ0n) is 17.5. The third-order valence-corrected chi connectivity index (χ3v) is 5.27. The van der Waals surface area contributed by atoms with Crippen LogP contribution in [-0.2, 0) is 16.1 Å². The van der Waals surface area contributed by atoms with Gasteiger partial charge >= 0.3 is 5.97 Å². The van der Waals surface area contributed by atoms with Gasteiger partial charge in [0.2, 0.25) is 0 Å². The van der Waals surface area contributed by atoms with E-state index in [-0.39, 0.29) is 18.0 Å². The van der Waals surface area contributed by atoms with Gasteiger partial charge in [0.1, 0.15) is 12.4 Å². The van der Waals surface area contributed by atoms with Gasteiger partial charge in [0, 0.05) is 5.56 Å². The fourth-order valence-corrected chi connectivity index (χ4v) is 4.01. The largest absolute Gasteiger partial charge is 0.490 e. The summed E-state index contributed by atoms with van der Waals surface area (Å²) in [6.07, 6.45) is 0. The fraction of sp³-hybridized carbons (Fsp3) is 0.318. The number of esters is 1. The molecule has 164 valence electrons. The molecule has 1 aromatic heterocycles. The molecule has 0 unspecified atom stereocenters. The fourth-order valence-electron chi connectivity index (χ4n) is 2.96. The van der Waals surface area contributed by atoms with Gasteiger partial charge in [-0.15, -0.1) is 0 Å². The minimum atomic E-state index is -0.520. The molecule has 0 radical (unpaired) electrons. The van der Waals surface area contributed by atoms with Crippen LogP contribution >= 0.6 is 11.3 Å². The maximum Gasteiger partial charge on any atom is 0.326 e. The van der Waals surface area contributed by atoms with Crippen molar-refractivity contribution in [1.29, 1.82) is 0 Å². The molecule has 0 saturated carbocycles. The molecule has 0 aliphatic rings. The molecule has 0 saturated heterocycles. The van der Waals surface area contributed by atoms with E-state index in [1.54, 1.807) is 35.8 Å². The van der Waals surface area contributed by atoms with Crippen LogP contribution in [0.3, 0.4) is 0 Å². The standard InChI is InChI=1S/C22H23FN2O5S/c1-4-28-17-10-7-14(11-18(17)29-5-2)21(27)24-22-25(13-20(26)30-6-3)16-9-8-15(23)12-19(16)31-22/h7-12H,4-6,13H2,1-3H3. The first-order chi connectivity index (χ1) is 15.0. The highest BCUT2D eigenvalue weighted by Crippen LogP contribution is 2.29. The zero-order valence-corrected chi connectivity index (χ0v) is 18.3. The van der Waals surface area contributed by atoms with Crippen molar-refractivity contribution in [3.05, 3.63) is 52.6 Å². The van der Waals surface area contributed by atoms with Crippen molar-refractivity contribution >= 4 is 33.4 Å². The Hall–Kier alpha value is -3.20. The van der Waals surface area contributed by atoms with Crippen molar-refractivity contribution < 1.29 is 28.2 Å². The Labute approximate surface area is 182 Å². The Morgan fingerprint density at radius 3 is 2.45 bits per heavy atom. The molecule has 0 fully saturated rings. The number of rotatable bonds is 8. The van der Waals surface area contributed by atoms with Gasteiger partial charge in [0.25, 0.3) is 5.91 Å². The van der Waals surface area contributed by atoms with E-state index in [2.05, 4.69) is 4.99 Å². The van der Waals surface area contributed by atoms with E-state index in [0.29, 0.717) is 40.5 Å². The van der Waals surface area contributed by atoms with Crippen LogP contribution < -0.4 is 14.3 Å². The monoisotopic (exact) mass is 446 g/mol. The van der Waals surface area contributed by atoms with Crippen LogP contribution in [-0.4, -0.2) is 36.3 Å². The number of carbonyl (C=O) groups excluding carboxylic acids is 2. The van der Waals surface area contributed by atoms with Crippen molar-refractivity contribution in [3.8, 4) is 11.5 Å². The molecule has 9 heteroatoms. The van der Waals surface area contributed by atoms with E-state index in [0.717, 1.165) is 11.3 Å². The lowest BCUT2D eigenvalue weighted by molar-refractivity contribution is -0.143. The third kappa shape index (κ3) is 5.29. The maximum absolute atomic E-state index is 13.7. The molecule has 0 aliphatic heterocycles. The van der Waals surface area contributed by atoms with Crippen LogP contribution in [0.2, 0.25) is 0 Å². The van der Waals surface area contributed by atoms with Crippen molar-refractivity contribution in [2.24, 2.45) is 4.99 Å². The average Bonchev–Trinajstić information content (AvgIpc) is 3.05. The van der Waals surface area contributed by atoms with Crippen molar-refractivity contribution in [2.45, 2.75) is 27.3 Å². The number of benzene rings is 2. The van der Waals surface area contributed by atoms with Crippen LogP contribution in [0.1, 0.15) is 31.1 Å². The van der Waals surface area contributed by atoms with Crippen molar-refractivity contribution in [1.82, 2.24) is 4.57 Å². The highest BCUT2D eigenvalue weighted by Gasteiger charge is 2.15. The van der Waals surface area contributed by atoms with Crippen molar-refractivity contribution in [3.63, 3.8) is 0 Å². The van der Waals surface area contributed by atoms with Gasteiger partial charge in [-0.3, -0.25) is 9.59 Å². The number of thiazole rings is 1. The Kier molecular flexibility index (Phi) is 7.41. The number of nitrogens with zero attached hydrogens (tertiary/aromatic N) is 2. The second-order valence-corrected chi connectivity index (χ2v) is 7.34. The maximum atomic E-state index is 13.7. The molecule has 0 atom stereocenters. The molecule has 3 aromatic rings. The highest BCUT2D eigenvalue weighted by atomic mass is 32.1. The molecule has 2 aromatic carbocycles. The molecule has 1 heterocycles. The number of fused-ring (bicyclic) bond motifs is 1. The minimum Gasteiger partial charge on any atom is -0.490 e. The molecule has 3 rings (SSSR count). The quantitative estimate of drug-likeness (QED) is 0.490. The Morgan fingerprint density at radius 2 is 1.74 bits per heavy atom. The Morgan fingerprint density at radius 1 is 1.00 bits per heavy atom. The smallest absolute Gasteiger partial charge is 0.326 e. The van der Waals surface area contributed by atoms with Crippen LogP contribution in [0, 0.1) is 5.82 Å². The van der Waals surface area contributed by atoms with Gasteiger partial charge < -0.3 is 18.8 Å². The second-order valence-electron chi connectivity index (χ2n) is 6.33. The van der Waals surface area contributed by atoms with Gasteiger partial charge in [-0.05, 0) is 57.2 Å². The topological polar surface area (TPSA) is 79.1 Å². The summed E-state index contributed by atoms with van der Waals surface area (Å²) < 4.78 is 31.9. The third-order valence-electron chi connectivity index (χ3n) is 4.22. The van der Waals surface area contributed by atoms with Crippen molar-refractivity contribution in [2.75, 3.05) is 19.8 Å². The lowest BCUT2D eigenvalue weighted by Crippen LogP contribution is -2.23. The summed E-state index contributed by atoms with van der Waals surface area (Å²) in [6, 6.07) is 9.02. The molecule has 0 N–H and O–H groups in total. The first-order valence-corrected chi connectivity index (χ1v) is 10.7. The summed E-state index contributed by atoms with van der Waals surface area (Å²) in [5.41, 5.74) is 0.894. The zero-order chi connectivity index (χ0) is 22.4. The summed E-state index contributed by atoms with van der Waals surface area (Å²) in [6.45, 7) is 6.37. The summed E-state index contributed by atoms with van der Waals surface area (Å²) in [5, 5.41) is 0. The molecular formula is C22H23FN2O5S. The lowest BCUT2D eigenvalue weighted by atomic mass is 10.2. The first-order valence-electron chi connectivity index (χ1n) is 9.90. The lowest BCUT2D eigenvalue weighted by Gasteiger charge is -2.11. The van der Waals surface area contributed by atoms with Crippen LogP contribution in [0.5, 0.6) is 11.5 Å².